The van der Waals surface area contributed by atoms with E-state index in [2.05, 4.69) is 0 Å². The van der Waals surface area contributed by atoms with Gasteiger partial charge in [-0.3, -0.25) is 4.79 Å². The monoisotopic (exact) mass is 422 g/mol. The van der Waals surface area contributed by atoms with Gasteiger partial charge in [-0.25, -0.2) is 8.42 Å². The molecule has 3 aromatic rings. The minimum atomic E-state index is -3.30. The van der Waals surface area contributed by atoms with Crippen LogP contribution in [0.5, 0.6) is 5.75 Å². The molecule has 0 bridgehead atoms. The van der Waals surface area contributed by atoms with Crippen LogP contribution < -0.4 is 10.5 Å². The molecule has 0 saturated carbocycles. The summed E-state index contributed by atoms with van der Waals surface area (Å²) in [6, 6.07) is 19.6. The molecule has 4 rings (SSSR count). The summed E-state index contributed by atoms with van der Waals surface area (Å²) < 4.78 is 29.1. The van der Waals surface area contributed by atoms with Gasteiger partial charge < -0.3 is 15.4 Å². The summed E-state index contributed by atoms with van der Waals surface area (Å²) in [6.45, 7) is 1.23. The minimum absolute atomic E-state index is 0.166. The Bertz CT molecular complexity index is 1200. The van der Waals surface area contributed by atoms with Crippen molar-refractivity contribution >= 4 is 21.4 Å². The van der Waals surface area contributed by atoms with Gasteiger partial charge in [0.25, 0.3) is 5.91 Å². The first kappa shape index (κ1) is 20.0. The fourth-order valence-corrected chi connectivity index (χ4v) is 4.12. The number of anilines is 1. The summed E-state index contributed by atoms with van der Waals surface area (Å²) >= 11 is 0. The summed E-state index contributed by atoms with van der Waals surface area (Å²) in [5, 5.41) is 0. The molecule has 0 fully saturated rings. The number of hydrogen-bond acceptors (Lipinski definition) is 5. The van der Waals surface area contributed by atoms with Gasteiger partial charge in [-0.2, -0.15) is 0 Å². The third-order valence-electron chi connectivity index (χ3n) is 5.08. The molecule has 0 spiro atoms. The van der Waals surface area contributed by atoms with Crippen LogP contribution in [-0.4, -0.2) is 38.6 Å². The fourth-order valence-electron chi connectivity index (χ4n) is 3.49. The number of hydrogen-bond donors (Lipinski definition) is 1. The molecule has 0 aromatic heterocycles. The average Bonchev–Trinajstić information content (AvgIpc) is 2.94. The molecule has 2 N–H and O–H groups in total. The van der Waals surface area contributed by atoms with Crippen LogP contribution in [0.25, 0.3) is 11.1 Å². The molecule has 0 saturated heterocycles. The number of nitrogen functional groups attached to an aromatic ring is 1. The lowest BCUT2D eigenvalue weighted by Crippen LogP contribution is -2.32. The van der Waals surface area contributed by atoms with E-state index in [4.69, 9.17) is 10.5 Å². The van der Waals surface area contributed by atoms with E-state index in [-0.39, 0.29) is 10.8 Å². The second-order valence-electron chi connectivity index (χ2n) is 7.32. The number of carbonyl (C=O) groups excluding carboxylic acids is 1. The average molecular weight is 423 g/mol. The van der Waals surface area contributed by atoms with E-state index in [1.54, 1.807) is 17.0 Å². The van der Waals surface area contributed by atoms with E-state index < -0.39 is 9.84 Å². The second-order valence-corrected chi connectivity index (χ2v) is 9.34. The fraction of sp³-hybridized carbons (Fsp3) is 0.174. The van der Waals surface area contributed by atoms with Gasteiger partial charge in [0.05, 0.1) is 11.4 Å². The van der Waals surface area contributed by atoms with E-state index in [1.807, 2.05) is 42.5 Å². The Balaban J connectivity index is 1.61. The number of fused-ring (bicyclic) bond motifs is 1. The highest BCUT2D eigenvalue weighted by Gasteiger charge is 2.22. The van der Waals surface area contributed by atoms with Crippen LogP contribution >= 0.6 is 0 Å². The molecular formula is C23H22N2O4S. The number of sulfone groups is 1. The van der Waals surface area contributed by atoms with Crippen LogP contribution in [0.3, 0.4) is 0 Å². The molecule has 7 heteroatoms. The third-order valence-corrected chi connectivity index (χ3v) is 6.21. The highest BCUT2D eigenvalue weighted by molar-refractivity contribution is 7.90. The Kier molecular flexibility index (Phi) is 5.22. The van der Waals surface area contributed by atoms with Crippen LogP contribution in [0.15, 0.2) is 71.6 Å². The molecule has 0 radical (unpaired) electrons. The van der Waals surface area contributed by atoms with Gasteiger partial charge in [0.1, 0.15) is 12.4 Å². The number of amides is 1. The standard InChI is InChI=1S/C23H22N2O4S/c1-30(27,28)21-8-5-16(6-9-21)23(26)25-11-12-29-22-10-7-18(13-19(22)15-25)17-3-2-4-20(24)14-17/h2-10,13-14H,11-12,15,24H2,1H3. The molecule has 1 amide bonds. The minimum Gasteiger partial charge on any atom is -0.491 e. The first-order chi connectivity index (χ1) is 14.3. The van der Waals surface area contributed by atoms with Gasteiger partial charge in [-0.1, -0.05) is 18.2 Å². The van der Waals surface area contributed by atoms with Crippen LogP contribution in [0.2, 0.25) is 0 Å². The zero-order valence-corrected chi connectivity index (χ0v) is 17.4. The maximum Gasteiger partial charge on any atom is 0.254 e. The Morgan fingerprint density at radius 3 is 2.43 bits per heavy atom. The number of nitrogens with zero attached hydrogens (tertiary/aromatic N) is 1. The molecule has 0 aliphatic carbocycles. The predicted molar refractivity (Wildman–Crippen MR) is 116 cm³/mol. The van der Waals surface area contributed by atoms with Crippen molar-refractivity contribution in [3.63, 3.8) is 0 Å². The summed E-state index contributed by atoms with van der Waals surface area (Å²) in [6.07, 6.45) is 1.14. The van der Waals surface area contributed by atoms with Crippen molar-refractivity contribution in [3.8, 4) is 16.9 Å². The highest BCUT2D eigenvalue weighted by Crippen LogP contribution is 2.30. The molecule has 30 heavy (non-hydrogen) atoms. The molecule has 1 aliphatic heterocycles. The van der Waals surface area contributed by atoms with Crippen molar-refractivity contribution in [2.24, 2.45) is 0 Å². The first-order valence-corrected chi connectivity index (χ1v) is 11.4. The Labute approximate surface area is 175 Å². The Morgan fingerprint density at radius 2 is 1.73 bits per heavy atom. The van der Waals surface area contributed by atoms with E-state index >= 15 is 0 Å². The van der Waals surface area contributed by atoms with E-state index in [0.29, 0.717) is 30.9 Å². The number of benzene rings is 3. The zero-order chi connectivity index (χ0) is 21.3. The number of nitrogens with two attached hydrogens (primary N) is 1. The Hall–Kier alpha value is -3.32. The van der Waals surface area contributed by atoms with Gasteiger partial charge in [-0.05, 0) is 59.7 Å². The molecule has 3 aromatic carbocycles. The van der Waals surface area contributed by atoms with Gasteiger partial charge >= 0.3 is 0 Å². The van der Waals surface area contributed by atoms with E-state index in [0.717, 1.165) is 28.7 Å². The maximum absolute atomic E-state index is 13.0. The number of carbonyl (C=O) groups is 1. The normalized spacial score (nSPS) is 13.8. The maximum atomic E-state index is 13.0. The molecule has 6 nitrogen and oxygen atoms in total. The topological polar surface area (TPSA) is 89.7 Å². The van der Waals surface area contributed by atoms with Gasteiger partial charge in [0, 0.05) is 29.6 Å². The van der Waals surface area contributed by atoms with Crippen LogP contribution in [0, 0.1) is 0 Å². The molecule has 1 aliphatic rings. The van der Waals surface area contributed by atoms with Crippen molar-refractivity contribution in [2.75, 3.05) is 25.1 Å². The van der Waals surface area contributed by atoms with Crippen molar-refractivity contribution in [1.82, 2.24) is 4.90 Å². The Morgan fingerprint density at radius 1 is 1.00 bits per heavy atom. The van der Waals surface area contributed by atoms with Gasteiger partial charge in [0.2, 0.25) is 0 Å². The lowest BCUT2D eigenvalue weighted by Gasteiger charge is -2.20. The van der Waals surface area contributed by atoms with Crippen LogP contribution in [0.1, 0.15) is 15.9 Å². The SMILES string of the molecule is CS(=O)(=O)c1ccc(C(=O)N2CCOc3ccc(-c4cccc(N)c4)cc3C2)cc1. The van der Waals surface area contributed by atoms with Crippen LogP contribution in [0.4, 0.5) is 5.69 Å². The largest absolute Gasteiger partial charge is 0.491 e. The molecule has 1 heterocycles. The number of ether oxygens (including phenoxy) is 1. The lowest BCUT2D eigenvalue weighted by atomic mass is 10.0. The second kappa shape index (κ2) is 7.84. The third kappa shape index (κ3) is 4.16. The van der Waals surface area contributed by atoms with E-state index in [9.17, 15) is 13.2 Å². The smallest absolute Gasteiger partial charge is 0.254 e. The van der Waals surface area contributed by atoms with Crippen molar-refractivity contribution < 1.29 is 17.9 Å². The molecule has 0 unspecified atom stereocenters. The summed E-state index contributed by atoms with van der Waals surface area (Å²) in [4.78, 5) is 14.9. The van der Waals surface area contributed by atoms with Crippen molar-refractivity contribution in [2.45, 2.75) is 11.4 Å². The summed E-state index contributed by atoms with van der Waals surface area (Å²) in [7, 11) is -3.30. The quantitative estimate of drug-likeness (QED) is 0.654. The molecule has 154 valence electrons. The van der Waals surface area contributed by atoms with Crippen LogP contribution in [-0.2, 0) is 16.4 Å². The first-order valence-electron chi connectivity index (χ1n) is 9.52. The lowest BCUT2D eigenvalue weighted by molar-refractivity contribution is 0.0733. The molecule has 0 atom stereocenters. The summed E-state index contributed by atoms with van der Waals surface area (Å²) in [5.74, 6) is 0.589. The predicted octanol–water partition coefficient (Wildman–Crippen LogP) is 3.37. The van der Waals surface area contributed by atoms with Crippen molar-refractivity contribution in [3.05, 3.63) is 77.9 Å². The van der Waals surface area contributed by atoms with Gasteiger partial charge in [-0.15, -0.1) is 0 Å². The van der Waals surface area contributed by atoms with Gasteiger partial charge in [0.15, 0.2) is 9.84 Å². The zero-order valence-electron chi connectivity index (χ0n) is 16.5. The highest BCUT2D eigenvalue weighted by atomic mass is 32.2. The number of rotatable bonds is 3. The summed E-state index contributed by atoms with van der Waals surface area (Å²) in [5.41, 5.74) is 9.94. The molecular weight excluding hydrogens is 400 g/mol. The van der Waals surface area contributed by atoms with Crippen molar-refractivity contribution in [1.29, 1.82) is 0 Å². The van der Waals surface area contributed by atoms with E-state index in [1.165, 1.54) is 12.1 Å².